The summed E-state index contributed by atoms with van der Waals surface area (Å²) in [5, 5.41) is 1.28. The molecule has 2 aromatic rings. The summed E-state index contributed by atoms with van der Waals surface area (Å²) in [6.45, 7) is 6.05. The Morgan fingerprint density at radius 2 is 1.90 bits per heavy atom. The highest BCUT2D eigenvalue weighted by Gasteiger charge is 2.22. The number of primary amides is 1. The third-order valence-corrected chi connectivity index (χ3v) is 4.82. The molecule has 2 heterocycles. The topological polar surface area (TPSA) is 51.3 Å². The lowest BCUT2D eigenvalue weighted by atomic mass is 9.96. The SMILES string of the molecule is Cc1c(CC(C)C(N)=O)c2cc3c(cc2n1C)CN(C)C3. The van der Waals surface area contributed by atoms with Crippen molar-refractivity contribution in [2.24, 2.45) is 18.7 Å². The minimum Gasteiger partial charge on any atom is -0.369 e. The highest BCUT2D eigenvalue weighted by atomic mass is 16.1. The van der Waals surface area contributed by atoms with Crippen LogP contribution in [-0.2, 0) is 31.4 Å². The first-order valence-electron chi connectivity index (χ1n) is 7.46. The molecule has 4 heteroatoms. The van der Waals surface area contributed by atoms with E-state index in [1.165, 1.54) is 33.3 Å². The lowest BCUT2D eigenvalue weighted by molar-refractivity contribution is -0.121. The van der Waals surface area contributed by atoms with Crippen LogP contribution in [-0.4, -0.2) is 22.4 Å². The van der Waals surface area contributed by atoms with E-state index < -0.39 is 0 Å². The summed E-state index contributed by atoms with van der Waals surface area (Å²) >= 11 is 0. The molecule has 3 rings (SSSR count). The van der Waals surface area contributed by atoms with Gasteiger partial charge in [0.1, 0.15) is 0 Å². The average molecular weight is 285 g/mol. The van der Waals surface area contributed by atoms with Gasteiger partial charge in [-0.05, 0) is 49.2 Å². The number of aromatic nitrogens is 1. The zero-order chi connectivity index (χ0) is 15.3. The van der Waals surface area contributed by atoms with Crippen LogP contribution in [0.4, 0.5) is 0 Å². The number of carbonyl (C=O) groups is 1. The summed E-state index contributed by atoms with van der Waals surface area (Å²) in [6.07, 6.45) is 0.715. The highest BCUT2D eigenvalue weighted by Crippen LogP contribution is 2.32. The molecule has 1 amide bonds. The van der Waals surface area contributed by atoms with Gasteiger partial charge in [0.05, 0.1) is 0 Å². The standard InChI is InChI=1S/C17H23N3O/c1-10(17(18)21)5-14-11(2)20(4)16-7-13-9-19(3)8-12(13)6-15(14)16/h6-7,10H,5,8-9H2,1-4H3,(H2,18,21). The Labute approximate surface area is 125 Å². The second kappa shape index (κ2) is 4.88. The Balaban J connectivity index is 2.14. The molecule has 1 aliphatic heterocycles. The number of aryl methyl sites for hydroxylation is 1. The third kappa shape index (κ3) is 2.23. The van der Waals surface area contributed by atoms with E-state index in [2.05, 4.69) is 42.6 Å². The molecule has 0 bridgehead atoms. The van der Waals surface area contributed by atoms with Gasteiger partial charge in [-0.1, -0.05) is 6.92 Å². The largest absolute Gasteiger partial charge is 0.369 e. The van der Waals surface area contributed by atoms with Crippen LogP contribution in [0, 0.1) is 12.8 Å². The molecule has 0 saturated carbocycles. The molecule has 21 heavy (non-hydrogen) atoms. The van der Waals surface area contributed by atoms with Crippen LogP contribution in [0.5, 0.6) is 0 Å². The van der Waals surface area contributed by atoms with E-state index in [4.69, 9.17) is 5.73 Å². The number of rotatable bonds is 3. The first-order chi connectivity index (χ1) is 9.88. The van der Waals surface area contributed by atoms with Crippen LogP contribution in [0.25, 0.3) is 10.9 Å². The average Bonchev–Trinajstić information content (AvgIpc) is 2.89. The van der Waals surface area contributed by atoms with Crippen molar-refractivity contribution in [2.45, 2.75) is 33.4 Å². The van der Waals surface area contributed by atoms with Gasteiger partial charge >= 0.3 is 0 Å². The maximum absolute atomic E-state index is 11.4. The van der Waals surface area contributed by atoms with E-state index in [0.717, 1.165) is 13.1 Å². The van der Waals surface area contributed by atoms with Gasteiger partial charge in [0.15, 0.2) is 0 Å². The smallest absolute Gasteiger partial charge is 0.220 e. The lowest BCUT2D eigenvalue weighted by Gasteiger charge is -2.08. The molecule has 112 valence electrons. The number of fused-ring (bicyclic) bond motifs is 2. The summed E-state index contributed by atoms with van der Waals surface area (Å²) in [4.78, 5) is 13.7. The summed E-state index contributed by atoms with van der Waals surface area (Å²) in [5.74, 6) is -0.363. The maximum Gasteiger partial charge on any atom is 0.220 e. The number of nitrogens with zero attached hydrogens (tertiary/aromatic N) is 2. The van der Waals surface area contributed by atoms with Gasteiger partial charge in [-0.25, -0.2) is 0 Å². The van der Waals surface area contributed by atoms with Crippen LogP contribution in [0.2, 0.25) is 0 Å². The Morgan fingerprint density at radius 3 is 2.52 bits per heavy atom. The lowest BCUT2D eigenvalue weighted by Crippen LogP contribution is -2.22. The van der Waals surface area contributed by atoms with Gasteiger partial charge < -0.3 is 10.3 Å². The first-order valence-corrected chi connectivity index (χ1v) is 7.46. The minimum absolute atomic E-state index is 0.134. The van der Waals surface area contributed by atoms with Crippen LogP contribution in [0.1, 0.15) is 29.3 Å². The van der Waals surface area contributed by atoms with Crippen molar-refractivity contribution in [1.29, 1.82) is 0 Å². The fraction of sp³-hybridized carbons (Fsp3) is 0.471. The Bertz CT molecular complexity index is 729. The van der Waals surface area contributed by atoms with Gasteiger partial charge in [-0.3, -0.25) is 9.69 Å². The van der Waals surface area contributed by atoms with Crippen molar-refractivity contribution in [1.82, 2.24) is 9.47 Å². The number of hydrogen-bond donors (Lipinski definition) is 1. The normalized spacial score (nSPS) is 16.4. The predicted molar refractivity (Wildman–Crippen MR) is 84.9 cm³/mol. The molecule has 4 nitrogen and oxygen atoms in total. The van der Waals surface area contributed by atoms with Crippen molar-refractivity contribution in [2.75, 3.05) is 7.05 Å². The number of amides is 1. The Morgan fingerprint density at radius 1 is 1.29 bits per heavy atom. The molecular formula is C17H23N3O. The number of hydrogen-bond acceptors (Lipinski definition) is 2. The van der Waals surface area contributed by atoms with E-state index in [1.54, 1.807) is 0 Å². The van der Waals surface area contributed by atoms with Crippen molar-refractivity contribution >= 4 is 16.8 Å². The van der Waals surface area contributed by atoms with E-state index in [9.17, 15) is 4.79 Å². The predicted octanol–water partition coefficient (Wildman–Crippen LogP) is 2.10. The van der Waals surface area contributed by atoms with E-state index >= 15 is 0 Å². The molecule has 0 spiro atoms. The van der Waals surface area contributed by atoms with Crippen molar-refractivity contribution in [3.8, 4) is 0 Å². The minimum atomic E-state index is -0.229. The van der Waals surface area contributed by atoms with Gasteiger partial charge in [0.25, 0.3) is 0 Å². The second-order valence-electron chi connectivity index (χ2n) is 6.44. The molecule has 0 aliphatic carbocycles. The van der Waals surface area contributed by atoms with Crippen LogP contribution < -0.4 is 5.73 Å². The molecule has 0 fully saturated rings. The zero-order valence-corrected chi connectivity index (χ0v) is 13.2. The molecule has 1 aromatic carbocycles. The molecule has 1 atom stereocenters. The third-order valence-electron chi connectivity index (χ3n) is 4.82. The van der Waals surface area contributed by atoms with Crippen molar-refractivity contribution in [3.63, 3.8) is 0 Å². The van der Waals surface area contributed by atoms with Gasteiger partial charge in [0.2, 0.25) is 5.91 Å². The Kier molecular flexibility index (Phi) is 3.29. The summed E-state index contributed by atoms with van der Waals surface area (Å²) in [7, 11) is 4.24. The summed E-state index contributed by atoms with van der Waals surface area (Å²) < 4.78 is 2.23. The van der Waals surface area contributed by atoms with Gasteiger partial charge in [-0.15, -0.1) is 0 Å². The summed E-state index contributed by atoms with van der Waals surface area (Å²) in [5.41, 5.74) is 12.0. The molecule has 1 unspecified atom stereocenters. The highest BCUT2D eigenvalue weighted by molar-refractivity contribution is 5.88. The van der Waals surface area contributed by atoms with E-state index in [0.29, 0.717) is 6.42 Å². The monoisotopic (exact) mass is 285 g/mol. The van der Waals surface area contributed by atoms with Crippen molar-refractivity contribution in [3.05, 3.63) is 34.5 Å². The number of benzene rings is 1. The second-order valence-corrected chi connectivity index (χ2v) is 6.44. The molecule has 0 radical (unpaired) electrons. The number of carbonyl (C=O) groups excluding carboxylic acids is 1. The van der Waals surface area contributed by atoms with E-state index in [1.807, 2.05) is 6.92 Å². The molecule has 2 N–H and O–H groups in total. The molecule has 1 aromatic heterocycles. The van der Waals surface area contributed by atoms with Gasteiger partial charge in [-0.2, -0.15) is 0 Å². The Hall–Kier alpha value is -1.81. The van der Waals surface area contributed by atoms with Crippen LogP contribution in [0.3, 0.4) is 0 Å². The summed E-state index contributed by atoms with van der Waals surface area (Å²) in [6, 6.07) is 4.61. The fourth-order valence-corrected chi connectivity index (χ4v) is 3.37. The first kappa shape index (κ1) is 14.1. The zero-order valence-electron chi connectivity index (χ0n) is 13.2. The molecular weight excluding hydrogens is 262 g/mol. The molecule has 0 saturated heterocycles. The fourth-order valence-electron chi connectivity index (χ4n) is 3.37. The van der Waals surface area contributed by atoms with Gasteiger partial charge in [0, 0.05) is 42.7 Å². The van der Waals surface area contributed by atoms with Crippen LogP contribution in [0.15, 0.2) is 12.1 Å². The van der Waals surface area contributed by atoms with Crippen LogP contribution >= 0.6 is 0 Å². The van der Waals surface area contributed by atoms with Crippen molar-refractivity contribution < 1.29 is 4.79 Å². The number of nitrogens with two attached hydrogens (primary N) is 1. The quantitative estimate of drug-likeness (QED) is 0.939. The molecule has 1 aliphatic rings. The maximum atomic E-state index is 11.4. The van der Waals surface area contributed by atoms with E-state index in [-0.39, 0.29) is 11.8 Å².